The van der Waals surface area contributed by atoms with Crippen LogP contribution in [-0.2, 0) is 0 Å². The minimum Gasteiger partial charge on any atom is -0.320 e. The van der Waals surface area contributed by atoms with Gasteiger partial charge in [-0.05, 0) is 79.3 Å². The first-order chi connectivity index (χ1) is 8.97. The van der Waals surface area contributed by atoms with Gasteiger partial charge in [0, 0.05) is 14.8 Å². The van der Waals surface area contributed by atoms with Crippen molar-refractivity contribution < 1.29 is 4.79 Å². The van der Waals surface area contributed by atoms with Crippen molar-refractivity contribution in [3.8, 4) is 0 Å². The number of carbonyl (C=O) groups excluding carboxylic acids is 1. The molecule has 0 aliphatic carbocycles. The van der Waals surface area contributed by atoms with Crippen LogP contribution in [0.3, 0.4) is 0 Å². The number of aromatic nitrogens is 1. The zero-order valence-electron chi connectivity index (χ0n) is 11.1. The molecule has 0 aliphatic rings. The fraction of sp³-hybridized carbons (Fsp3) is 0.200. The molecular weight excluding hydrogens is 351 g/mol. The van der Waals surface area contributed by atoms with Crippen molar-refractivity contribution in [2.24, 2.45) is 0 Å². The molecule has 0 atom stereocenters. The van der Waals surface area contributed by atoms with Gasteiger partial charge in [0.25, 0.3) is 5.91 Å². The summed E-state index contributed by atoms with van der Waals surface area (Å²) in [4.78, 5) is 16.6. The van der Waals surface area contributed by atoms with Gasteiger partial charge in [-0.1, -0.05) is 0 Å². The fourth-order valence-corrected chi connectivity index (χ4v) is 2.36. The van der Waals surface area contributed by atoms with E-state index >= 15 is 0 Å². The second-order valence-electron chi connectivity index (χ2n) is 4.50. The Bertz CT molecular complexity index is 598. The van der Waals surface area contributed by atoms with E-state index in [2.05, 4.69) is 32.9 Å². The molecule has 1 heterocycles. The highest BCUT2D eigenvalue weighted by atomic mass is 127. The van der Waals surface area contributed by atoms with Crippen molar-refractivity contribution in [3.05, 3.63) is 56.4 Å². The molecule has 1 N–H and O–H groups in total. The maximum absolute atomic E-state index is 12.2. The highest BCUT2D eigenvalue weighted by molar-refractivity contribution is 14.1. The maximum atomic E-state index is 12.2. The number of rotatable bonds is 2. The number of amides is 1. The van der Waals surface area contributed by atoms with Gasteiger partial charge in [-0.3, -0.25) is 9.78 Å². The van der Waals surface area contributed by atoms with Gasteiger partial charge < -0.3 is 5.32 Å². The van der Waals surface area contributed by atoms with E-state index < -0.39 is 0 Å². The summed E-state index contributed by atoms with van der Waals surface area (Å²) in [6, 6.07) is 9.45. The Morgan fingerprint density at radius 2 is 1.79 bits per heavy atom. The summed E-state index contributed by atoms with van der Waals surface area (Å²) in [7, 11) is 0. The summed E-state index contributed by atoms with van der Waals surface area (Å²) >= 11 is 2.22. The maximum Gasteiger partial charge on any atom is 0.255 e. The fourth-order valence-electron chi connectivity index (χ4n) is 2.00. The topological polar surface area (TPSA) is 42.0 Å². The van der Waals surface area contributed by atoms with E-state index in [1.165, 1.54) is 0 Å². The lowest BCUT2D eigenvalue weighted by atomic mass is 10.1. The Hall–Kier alpha value is -1.43. The van der Waals surface area contributed by atoms with Gasteiger partial charge >= 0.3 is 0 Å². The molecule has 0 fully saturated rings. The summed E-state index contributed by atoms with van der Waals surface area (Å²) in [5, 5.41) is 2.94. The van der Waals surface area contributed by atoms with Gasteiger partial charge in [0.15, 0.2) is 0 Å². The zero-order chi connectivity index (χ0) is 14.0. The third-order valence-electron chi connectivity index (χ3n) is 2.87. The van der Waals surface area contributed by atoms with Crippen molar-refractivity contribution >= 4 is 34.2 Å². The first-order valence-corrected chi connectivity index (χ1v) is 7.07. The van der Waals surface area contributed by atoms with E-state index in [-0.39, 0.29) is 5.91 Å². The van der Waals surface area contributed by atoms with Crippen molar-refractivity contribution in [2.75, 3.05) is 5.32 Å². The molecule has 2 aromatic rings. The number of hydrogen-bond acceptors (Lipinski definition) is 2. The van der Waals surface area contributed by atoms with Crippen molar-refractivity contribution in [1.82, 2.24) is 4.98 Å². The molecule has 0 unspecified atom stereocenters. The lowest BCUT2D eigenvalue weighted by Gasteiger charge is -2.12. The molecular formula is C15H15IN2O. The van der Waals surface area contributed by atoms with Gasteiger partial charge in [-0.2, -0.15) is 0 Å². The van der Waals surface area contributed by atoms with Crippen molar-refractivity contribution in [1.29, 1.82) is 0 Å². The summed E-state index contributed by atoms with van der Waals surface area (Å²) < 4.78 is 1.11. The Labute approximate surface area is 126 Å². The minimum atomic E-state index is -0.103. The van der Waals surface area contributed by atoms with Crippen LogP contribution in [0.5, 0.6) is 0 Å². The normalized spacial score (nSPS) is 10.3. The van der Waals surface area contributed by atoms with Crippen LogP contribution in [0.25, 0.3) is 0 Å². The summed E-state index contributed by atoms with van der Waals surface area (Å²) in [5.41, 5.74) is 4.29. The van der Waals surface area contributed by atoms with Crippen molar-refractivity contribution in [3.63, 3.8) is 0 Å². The Morgan fingerprint density at radius 3 is 2.37 bits per heavy atom. The Balaban J connectivity index is 2.26. The van der Waals surface area contributed by atoms with Crippen LogP contribution < -0.4 is 5.32 Å². The molecule has 0 radical (unpaired) electrons. The average molecular weight is 366 g/mol. The second-order valence-corrected chi connectivity index (χ2v) is 5.75. The molecule has 3 nitrogen and oxygen atoms in total. The van der Waals surface area contributed by atoms with Gasteiger partial charge in [-0.25, -0.2) is 0 Å². The molecule has 98 valence electrons. The predicted molar refractivity (Wildman–Crippen MR) is 85.6 cm³/mol. The van der Waals surface area contributed by atoms with Crippen LogP contribution in [0.15, 0.2) is 30.3 Å². The van der Waals surface area contributed by atoms with Crippen molar-refractivity contribution in [2.45, 2.75) is 20.8 Å². The monoisotopic (exact) mass is 366 g/mol. The lowest BCUT2D eigenvalue weighted by Crippen LogP contribution is -2.14. The summed E-state index contributed by atoms with van der Waals surface area (Å²) in [5.74, 6) is -0.103. The Morgan fingerprint density at radius 1 is 1.16 bits per heavy atom. The van der Waals surface area contributed by atoms with E-state index in [4.69, 9.17) is 0 Å². The first-order valence-electron chi connectivity index (χ1n) is 5.99. The standard InChI is InChI=1S/C15H15IN2O/c1-9-8-10(2)17-11(3)14(9)18-15(19)12-4-6-13(16)7-5-12/h4-8H,1-3H3,(H,18,19). The number of carbonyl (C=O) groups is 1. The zero-order valence-corrected chi connectivity index (χ0v) is 13.3. The van der Waals surface area contributed by atoms with Crippen LogP contribution in [0.4, 0.5) is 5.69 Å². The van der Waals surface area contributed by atoms with E-state index in [0.29, 0.717) is 5.56 Å². The SMILES string of the molecule is Cc1cc(C)c(NC(=O)c2ccc(I)cc2)c(C)n1. The number of benzene rings is 1. The van der Waals surface area contributed by atoms with Crippen LogP contribution in [0.1, 0.15) is 27.3 Å². The van der Waals surface area contributed by atoms with Crippen LogP contribution in [-0.4, -0.2) is 10.9 Å². The van der Waals surface area contributed by atoms with Gasteiger partial charge in [0.2, 0.25) is 0 Å². The van der Waals surface area contributed by atoms with Gasteiger partial charge in [0.1, 0.15) is 0 Å². The molecule has 0 bridgehead atoms. The average Bonchev–Trinajstić information content (AvgIpc) is 2.34. The highest BCUT2D eigenvalue weighted by Gasteiger charge is 2.10. The third kappa shape index (κ3) is 3.32. The highest BCUT2D eigenvalue weighted by Crippen LogP contribution is 2.20. The van der Waals surface area contributed by atoms with Gasteiger partial charge in [-0.15, -0.1) is 0 Å². The number of aryl methyl sites for hydroxylation is 3. The number of pyridine rings is 1. The van der Waals surface area contributed by atoms with Crippen LogP contribution in [0, 0.1) is 24.3 Å². The molecule has 0 saturated carbocycles. The number of anilines is 1. The molecule has 1 aromatic carbocycles. The van der Waals surface area contributed by atoms with Crippen LogP contribution in [0.2, 0.25) is 0 Å². The number of halogens is 1. The minimum absolute atomic E-state index is 0.103. The smallest absolute Gasteiger partial charge is 0.255 e. The molecule has 0 saturated heterocycles. The number of nitrogens with zero attached hydrogens (tertiary/aromatic N) is 1. The van der Waals surface area contributed by atoms with E-state index in [1.54, 1.807) is 0 Å². The molecule has 0 spiro atoms. The molecule has 1 amide bonds. The van der Waals surface area contributed by atoms with Crippen LogP contribution >= 0.6 is 22.6 Å². The summed E-state index contributed by atoms with van der Waals surface area (Å²) in [6.45, 7) is 5.83. The van der Waals surface area contributed by atoms with E-state index in [1.807, 2.05) is 51.1 Å². The first kappa shape index (κ1) is 14.0. The van der Waals surface area contributed by atoms with Gasteiger partial charge in [0.05, 0.1) is 11.4 Å². The van der Waals surface area contributed by atoms with E-state index in [0.717, 1.165) is 26.2 Å². The quantitative estimate of drug-likeness (QED) is 0.821. The molecule has 2 rings (SSSR count). The Kier molecular flexibility index (Phi) is 4.19. The lowest BCUT2D eigenvalue weighted by molar-refractivity contribution is 0.102. The second kappa shape index (κ2) is 5.69. The number of nitrogens with one attached hydrogen (secondary N) is 1. The molecule has 1 aromatic heterocycles. The summed E-state index contributed by atoms with van der Waals surface area (Å²) in [6.07, 6.45) is 0. The third-order valence-corrected chi connectivity index (χ3v) is 3.59. The molecule has 19 heavy (non-hydrogen) atoms. The predicted octanol–water partition coefficient (Wildman–Crippen LogP) is 3.86. The number of hydrogen-bond donors (Lipinski definition) is 1. The molecule has 0 aliphatic heterocycles. The van der Waals surface area contributed by atoms with E-state index in [9.17, 15) is 4.79 Å². The largest absolute Gasteiger partial charge is 0.320 e. The molecule has 4 heteroatoms.